The smallest absolute Gasteiger partial charge is 0.323 e. The van der Waals surface area contributed by atoms with E-state index < -0.39 is 35.6 Å². The molecule has 1 aromatic rings. The third-order valence-corrected chi connectivity index (χ3v) is 2.06. The van der Waals surface area contributed by atoms with E-state index in [1.54, 1.807) is 0 Å². The Morgan fingerprint density at radius 1 is 1.39 bits per heavy atom. The maximum atomic E-state index is 13.4. The summed E-state index contributed by atoms with van der Waals surface area (Å²) in [5, 5.41) is 8.60. The van der Waals surface area contributed by atoms with Crippen molar-refractivity contribution in [1.82, 2.24) is 4.90 Å². The van der Waals surface area contributed by atoms with Crippen LogP contribution in [0.5, 0.6) is 0 Å². The largest absolute Gasteiger partial charge is 0.480 e. The molecule has 0 bridgehead atoms. The number of carbonyl (C=O) groups excluding carboxylic acids is 1. The van der Waals surface area contributed by atoms with Crippen LogP contribution < -0.4 is 0 Å². The van der Waals surface area contributed by atoms with Crippen molar-refractivity contribution in [2.45, 2.75) is 0 Å². The second-order valence-corrected chi connectivity index (χ2v) is 3.38. The first kappa shape index (κ1) is 13.6. The topological polar surface area (TPSA) is 57.6 Å². The van der Waals surface area contributed by atoms with Crippen molar-refractivity contribution in [2.75, 3.05) is 13.1 Å². The first-order valence-corrected chi connectivity index (χ1v) is 4.85. The molecule has 1 N–H and O–H groups in total. The lowest BCUT2D eigenvalue weighted by molar-refractivity contribution is -0.137. The molecule has 6 heteroatoms. The van der Waals surface area contributed by atoms with Crippen molar-refractivity contribution in [3.63, 3.8) is 0 Å². The Morgan fingerprint density at radius 3 is 2.56 bits per heavy atom. The van der Waals surface area contributed by atoms with E-state index in [4.69, 9.17) is 11.5 Å². The summed E-state index contributed by atoms with van der Waals surface area (Å²) in [7, 11) is 0. The molecule has 18 heavy (non-hydrogen) atoms. The lowest BCUT2D eigenvalue weighted by Crippen LogP contribution is -2.36. The fourth-order valence-electron chi connectivity index (χ4n) is 1.31. The Bertz CT molecular complexity index is 523. The number of hydrogen-bond donors (Lipinski definition) is 1. The number of halogens is 2. The van der Waals surface area contributed by atoms with Gasteiger partial charge < -0.3 is 10.0 Å². The van der Waals surface area contributed by atoms with Gasteiger partial charge in [0.05, 0.1) is 12.1 Å². The number of terminal acetylenes is 1. The van der Waals surface area contributed by atoms with Crippen molar-refractivity contribution >= 4 is 11.9 Å². The number of rotatable bonds is 4. The monoisotopic (exact) mass is 253 g/mol. The molecule has 0 aliphatic rings. The van der Waals surface area contributed by atoms with Gasteiger partial charge in [0.25, 0.3) is 5.91 Å². The van der Waals surface area contributed by atoms with Crippen molar-refractivity contribution in [3.05, 3.63) is 35.4 Å². The van der Waals surface area contributed by atoms with Crippen molar-refractivity contribution in [1.29, 1.82) is 0 Å². The second-order valence-electron chi connectivity index (χ2n) is 3.38. The molecule has 0 spiro atoms. The molecule has 0 fully saturated rings. The highest BCUT2D eigenvalue weighted by Crippen LogP contribution is 2.12. The van der Waals surface area contributed by atoms with Crippen LogP contribution in [0, 0.1) is 24.0 Å². The van der Waals surface area contributed by atoms with Gasteiger partial charge in [0.1, 0.15) is 18.2 Å². The zero-order chi connectivity index (χ0) is 13.7. The van der Waals surface area contributed by atoms with Crippen LogP contribution in [-0.4, -0.2) is 35.0 Å². The molecule has 0 aromatic heterocycles. The summed E-state index contributed by atoms with van der Waals surface area (Å²) >= 11 is 0. The first-order chi connectivity index (χ1) is 8.45. The molecule has 0 radical (unpaired) electrons. The van der Waals surface area contributed by atoms with Crippen LogP contribution in [0.25, 0.3) is 0 Å². The Kier molecular flexibility index (Phi) is 4.38. The second kappa shape index (κ2) is 5.77. The minimum absolute atomic E-state index is 0.276. The van der Waals surface area contributed by atoms with Gasteiger partial charge in [0.2, 0.25) is 0 Å². The van der Waals surface area contributed by atoms with Crippen molar-refractivity contribution < 1.29 is 23.5 Å². The summed E-state index contributed by atoms with van der Waals surface area (Å²) in [6.45, 7) is -0.929. The predicted molar refractivity (Wildman–Crippen MR) is 58.7 cm³/mol. The van der Waals surface area contributed by atoms with Gasteiger partial charge in [0, 0.05) is 6.07 Å². The number of hydrogen-bond acceptors (Lipinski definition) is 2. The van der Waals surface area contributed by atoms with Gasteiger partial charge in [-0.15, -0.1) is 6.42 Å². The molecule has 94 valence electrons. The van der Waals surface area contributed by atoms with Crippen molar-refractivity contribution in [2.24, 2.45) is 0 Å². The first-order valence-electron chi connectivity index (χ1n) is 4.85. The molecule has 0 saturated heterocycles. The highest BCUT2D eigenvalue weighted by Gasteiger charge is 2.20. The van der Waals surface area contributed by atoms with Gasteiger partial charge in [-0.3, -0.25) is 9.59 Å². The highest BCUT2D eigenvalue weighted by molar-refractivity contribution is 5.96. The molecular weight excluding hydrogens is 244 g/mol. The SMILES string of the molecule is C#CCN(CC(=O)O)C(=O)c1ccc(F)cc1F. The van der Waals surface area contributed by atoms with Crippen LogP contribution in [0.3, 0.4) is 0 Å². The molecule has 0 aliphatic heterocycles. The van der Waals surface area contributed by atoms with E-state index in [-0.39, 0.29) is 6.54 Å². The molecule has 0 unspecified atom stereocenters. The van der Waals surface area contributed by atoms with E-state index in [1.807, 2.05) is 0 Å². The van der Waals surface area contributed by atoms with Crippen molar-refractivity contribution in [3.8, 4) is 12.3 Å². The summed E-state index contributed by atoms with van der Waals surface area (Å²) in [4.78, 5) is 23.1. The minimum Gasteiger partial charge on any atom is -0.480 e. The number of carbonyl (C=O) groups is 2. The van der Waals surface area contributed by atoms with E-state index in [9.17, 15) is 18.4 Å². The van der Waals surface area contributed by atoms with Crippen LogP contribution in [0.1, 0.15) is 10.4 Å². The van der Waals surface area contributed by atoms with Gasteiger partial charge in [-0.05, 0) is 12.1 Å². The maximum absolute atomic E-state index is 13.4. The molecule has 1 amide bonds. The van der Waals surface area contributed by atoms with Gasteiger partial charge >= 0.3 is 5.97 Å². The van der Waals surface area contributed by atoms with Gasteiger partial charge in [-0.1, -0.05) is 5.92 Å². The lowest BCUT2D eigenvalue weighted by atomic mass is 10.1. The molecule has 1 aromatic carbocycles. The third kappa shape index (κ3) is 3.28. The summed E-state index contributed by atoms with van der Waals surface area (Å²) in [6, 6.07) is 2.39. The maximum Gasteiger partial charge on any atom is 0.323 e. The number of nitrogens with zero attached hydrogens (tertiary/aromatic N) is 1. The number of amides is 1. The van der Waals surface area contributed by atoms with Crippen LogP contribution in [-0.2, 0) is 4.79 Å². The normalized spacial score (nSPS) is 9.61. The lowest BCUT2D eigenvalue weighted by Gasteiger charge is -2.18. The van der Waals surface area contributed by atoms with Gasteiger partial charge in [-0.2, -0.15) is 0 Å². The van der Waals surface area contributed by atoms with E-state index in [0.717, 1.165) is 17.0 Å². The fourth-order valence-corrected chi connectivity index (χ4v) is 1.31. The number of carboxylic acid groups (broad SMARTS) is 1. The average Bonchev–Trinajstić information content (AvgIpc) is 2.27. The van der Waals surface area contributed by atoms with E-state index in [2.05, 4.69) is 5.92 Å². The van der Waals surface area contributed by atoms with Crippen LogP contribution in [0.15, 0.2) is 18.2 Å². The molecule has 4 nitrogen and oxygen atoms in total. The third-order valence-electron chi connectivity index (χ3n) is 2.06. The number of aliphatic carboxylic acids is 1. The van der Waals surface area contributed by atoms with Crippen LogP contribution in [0.2, 0.25) is 0 Å². The minimum atomic E-state index is -1.28. The fraction of sp³-hybridized carbons (Fsp3) is 0.167. The molecule has 0 aliphatic carbocycles. The number of benzene rings is 1. The Labute approximate surface area is 102 Å². The summed E-state index contributed by atoms with van der Waals surface area (Å²) in [5.74, 6) is -1.96. The Hall–Kier alpha value is -2.42. The molecule has 0 heterocycles. The highest BCUT2D eigenvalue weighted by atomic mass is 19.1. The Balaban J connectivity index is 3.02. The zero-order valence-electron chi connectivity index (χ0n) is 9.19. The number of carboxylic acids is 1. The van der Waals surface area contributed by atoms with E-state index in [1.165, 1.54) is 0 Å². The standard InChI is InChI=1S/C12H9F2NO3/c1-2-5-15(7-11(16)17)12(18)9-4-3-8(13)6-10(9)14/h1,3-4,6H,5,7H2,(H,16,17). The summed E-state index contributed by atoms with van der Waals surface area (Å²) < 4.78 is 26.0. The quantitative estimate of drug-likeness (QED) is 0.818. The molecule has 0 atom stereocenters. The molecule has 0 saturated carbocycles. The molecule has 1 rings (SSSR count). The van der Waals surface area contributed by atoms with Crippen LogP contribution in [0.4, 0.5) is 8.78 Å². The molecular formula is C12H9F2NO3. The average molecular weight is 253 g/mol. The van der Waals surface area contributed by atoms with E-state index >= 15 is 0 Å². The van der Waals surface area contributed by atoms with Gasteiger partial charge in [-0.25, -0.2) is 8.78 Å². The van der Waals surface area contributed by atoms with Crippen LogP contribution >= 0.6 is 0 Å². The van der Waals surface area contributed by atoms with E-state index in [0.29, 0.717) is 6.07 Å². The zero-order valence-corrected chi connectivity index (χ0v) is 9.19. The Morgan fingerprint density at radius 2 is 2.06 bits per heavy atom. The predicted octanol–water partition coefficient (Wildman–Crippen LogP) is 1.12. The summed E-state index contributed by atoms with van der Waals surface area (Å²) in [5.41, 5.74) is -0.423. The summed E-state index contributed by atoms with van der Waals surface area (Å²) in [6.07, 6.45) is 4.99. The van der Waals surface area contributed by atoms with Gasteiger partial charge in [0.15, 0.2) is 0 Å².